The molecule has 4 aromatic carbocycles. The number of sulfonamides is 1. The Morgan fingerprint density at radius 2 is 1.26 bits per heavy atom. The Bertz CT molecular complexity index is 1450. The molecule has 0 saturated carbocycles. The summed E-state index contributed by atoms with van der Waals surface area (Å²) in [5.74, 6) is -0.444. The van der Waals surface area contributed by atoms with Gasteiger partial charge in [-0.2, -0.15) is 4.31 Å². The van der Waals surface area contributed by atoms with Crippen molar-refractivity contribution >= 4 is 27.6 Å². The van der Waals surface area contributed by atoms with Gasteiger partial charge in [0.25, 0.3) is 0 Å². The standard InChI is InChI=1S/C31H30N2O5S/c1-2-24-13-17-28(18-14-24)32-31(35)38-23-30(34)27-15-19-29(20-16-27)39(36,37)33(21-25-9-5-3-6-10-25)22-26-11-7-4-8-12-26/h3-20H,2,21-23H2,1H3,(H,32,35). The maximum Gasteiger partial charge on any atom is 0.412 e. The van der Waals surface area contributed by atoms with Crippen LogP contribution in [0.5, 0.6) is 0 Å². The van der Waals surface area contributed by atoms with Crippen molar-refractivity contribution in [2.24, 2.45) is 0 Å². The maximum atomic E-state index is 13.6. The maximum absolute atomic E-state index is 13.6. The number of aryl methyl sites for hydroxylation is 1. The number of carbonyl (C=O) groups excluding carboxylic acids is 2. The fraction of sp³-hybridized carbons (Fsp3) is 0.161. The molecule has 4 aromatic rings. The molecule has 0 spiro atoms. The highest BCUT2D eigenvalue weighted by atomic mass is 32.2. The number of ether oxygens (including phenoxy) is 1. The van der Waals surface area contributed by atoms with Gasteiger partial charge in [0, 0.05) is 24.3 Å². The van der Waals surface area contributed by atoms with Gasteiger partial charge in [0.05, 0.1) is 4.90 Å². The Labute approximate surface area is 229 Å². The lowest BCUT2D eigenvalue weighted by Crippen LogP contribution is -2.30. The van der Waals surface area contributed by atoms with Crippen LogP contribution in [0.15, 0.2) is 114 Å². The van der Waals surface area contributed by atoms with E-state index in [9.17, 15) is 18.0 Å². The zero-order valence-electron chi connectivity index (χ0n) is 21.6. The summed E-state index contributed by atoms with van der Waals surface area (Å²) in [5, 5.41) is 2.58. The number of hydrogen-bond donors (Lipinski definition) is 1. The van der Waals surface area contributed by atoms with Gasteiger partial charge in [0.2, 0.25) is 10.0 Å². The molecule has 4 rings (SSSR count). The van der Waals surface area contributed by atoms with Gasteiger partial charge < -0.3 is 4.74 Å². The molecule has 0 aliphatic carbocycles. The largest absolute Gasteiger partial charge is 0.441 e. The number of Topliss-reactive ketones (excluding diaryl/α,β-unsaturated/α-hetero) is 1. The van der Waals surface area contributed by atoms with E-state index in [0.29, 0.717) is 5.69 Å². The van der Waals surface area contributed by atoms with Gasteiger partial charge in [0.1, 0.15) is 0 Å². The van der Waals surface area contributed by atoms with Crippen LogP contribution in [0.3, 0.4) is 0 Å². The fourth-order valence-electron chi connectivity index (χ4n) is 3.95. The Morgan fingerprint density at radius 1 is 0.718 bits per heavy atom. The smallest absolute Gasteiger partial charge is 0.412 e. The molecule has 8 heteroatoms. The molecule has 0 fully saturated rings. The molecule has 7 nitrogen and oxygen atoms in total. The van der Waals surface area contributed by atoms with Crippen molar-refractivity contribution in [3.8, 4) is 0 Å². The zero-order chi connectivity index (χ0) is 27.7. The number of ketones is 1. The van der Waals surface area contributed by atoms with Gasteiger partial charge in [-0.05, 0) is 59.5 Å². The highest BCUT2D eigenvalue weighted by Gasteiger charge is 2.25. The minimum Gasteiger partial charge on any atom is -0.441 e. The van der Waals surface area contributed by atoms with Gasteiger partial charge in [-0.1, -0.05) is 79.7 Å². The molecule has 0 atom stereocenters. The van der Waals surface area contributed by atoms with Crippen LogP contribution in [0.25, 0.3) is 0 Å². The summed E-state index contributed by atoms with van der Waals surface area (Å²) in [4.78, 5) is 24.8. The molecule has 0 aliphatic heterocycles. The van der Waals surface area contributed by atoms with Crippen LogP contribution in [0.1, 0.15) is 34.0 Å². The van der Waals surface area contributed by atoms with Gasteiger partial charge >= 0.3 is 6.09 Å². The quantitative estimate of drug-likeness (QED) is 0.232. The summed E-state index contributed by atoms with van der Waals surface area (Å²) < 4.78 is 33.7. The number of amides is 1. The number of nitrogens with zero attached hydrogens (tertiary/aromatic N) is 1. The monoisotopic (exact) mass is 542 g/mol. The second-order valence-electron chi connectivity index (χ2n) is 8.94. The summed E-state index contributed by atoms with van der Waals surface area (Å²) >= 11 is 0. The molecule has 1 amide bonds. The number of nitrogens with one attached hydrogen (secondary N) is 1. The van der Waals surface area contributed by atoms with E-state index in [-0.39, 0.29) is 23.5 Å². The predicted molar refractivity (Wildman–Crippen MR) is 151 cm³/mol. The average molecular weight is 543 g/mol. The highest BCUT2D eigenvalue weighted by Crippen LogP contribution is 2.22. The van der Waals surface area contributed by atoms with Gasteiger partial charge in [-0.15, -0.1) is 0 Å². The van der Waals surface area contributed by atoms with Crippen molar-refractivity contribution in [3.63, 3.8) is 0 Å². The van der Waals surface area contributed by atoms with Crippen LogP contribution in [-0.2, 0) is 34.3 Å². The van der Waals surface area contributed by atoms with E-state index < -0.39 is 28.5 Å². The second kappa shape index (κ2) is 13.0. The summed E-state index contributed by atoms with van der Waals surface area (Å²) in [6.07, 6.45) is 0.140. The first-order chi connectivity index (χ1) is 18.8. The van der Waals surface area contributed by atoms with E-state index in [1.165, 1.54) is 28.6 Å². The molecule has 1 N–H and O–H groups in total. The van der Waals surface area contributed by atoms with Crippen molar-refractivity contribution in [1.82, 2.24) is 4.31 Å². The van der Waals surface area contributed by atoms with Crippen LogP contribution in [-0.4, -0.2) is 31.2 Å². The molecular formula is C31H30N2O5S. The van der Waals surface area contributed by atoms with E-state index in [4.69, 9.17) is 4.74 Å². The van der Waals surface area contributed by atoms with E-state index in [2.05, 4.69) is 5.32 Å². The lowest BCUT2D eigenvalue weighted by Gasteiger charge is -2.23. The van der Waals surface area contributed by atoms with Crippen molar-refractivity contribution in [3.05, 3.63) is 131 Å². The molecule has 0 radical (unpaired) electrons. The molecule has 0 saturated heterocycles. The normalized spacial score (nSPS) is 11.2. The Hall–Kier alpha value is -4.27. The lowest BCUT2D eigenvalue weighted by atomic mass is 10.1. The van der Waals surface area contributed by atoms with Crippen molar-refractivity contribution < 1.29 is 22.7 Å². The number of hydrogen-bond acceptors (Lipinski definition) is 5. The van der Waals surface area contributed by atoms with Crippen LogP contribution in [0.2, 0.25) is 0 Å². The topological polar surface area (TPSA) is 92.8 Å². The zero-order valence-corrected chi connectivity index (χ0v) is 22.4. The van der Waals surface area contributed by atoms with Crippen LogP contribution < -0.4 is 5.32 Å². The number of anilines is 1. The minimum atomic E-state index is -3.88. The van der Waals surface area contributed by atoms with Gasteiger partial charge in [0.15, 0.2) is 12.4 Å². The molecule has 0 aromatic heterocycles. The minimum absolute atomic E-state index is 0.0695. The number of rotatable bonds is 11. The van der Waals surface area contributed by atoms with Gasteiger partial charge in [-0.3, -0.25) is 10.1 Å². The molecule has 0 heterocycles. The van der Waals surface area contributed by atoms with E-state index in [1.54, 1.807) is 12.1 Å². The SMILES string of the molecule is CCc1ccc(NC(=O)OCC(=O)c2ccc(S(=O)(=O)N(Cc3ccccc3)Cc3ccccc3)cc2)cc1. The van der Waals surface area contributed by atoms with E-state index >= 15 is 0 Å². The third kappa shape index (κ3) is 7.63. The average Bonchev–Trinajstić information content (AvgIpc) is 2.97. The first-order valence-electron chi connectivity index (χ1n) is 12.6. The molecule has 0 bridgehead atoms. The van der Waals surface area contributed by atoms with Crippen LogP contribution >= 0.6 is 0 Å². The van der Waals surface area contributed by atoms with Crippen molar-refractivity contribution in [2.45, 2.75) is 31.3 Å². The highest BCUT2D eigenvalue weighted by molar-refractivity contribution is 7.89. The Balaban J connectivity index is 1.42. The predicted octanol–water partition coefficient (Wildman–Crippen LogP) is 6.07. The van der Waals surface area contributed by atoms with Crippen molar-refractivity contribution in [2.75, 3.05) is 11.9 Å². The fourth-order valence-corrected chi connectivity index (χ4v) is 5.37. The summed E-state index contributed by atoms with van der Waals surface area (Å²) in [7, 11) is -3.88. The molecule has 0 unspecified atom stereocenters. The molecular weight excluding hydrogens is 512 g/mol. The number of benzene rings is 4. The summed E-state index contributed by atoms with van der Waals surface area (Å²) in [6, 6.07) is 31.8. The molecule has 0 aliphatic rings. The van der Waals surface area contributed by atoms with E-state index in [1.807, 2.05) is 79.7 Å². The summed E-state index contributed by atoms with van der Waals surface area (Å²) in [5.41, 5.74) is 3.67. The lowest BCUT2D eigenvalue weighted by molar-refractivity contribution is 0.0863. The molecule has 39 heavy (non-hydrogen) atoms. The Morgan fingerprint density at radius 3 is 1.77 bits per heavy atom. The van der Waals surface area contributed by atoms with Crippen LogP contribution in [0.4, 0.5) is 10.5 Å². The summed E-state index contributed by atoms with van der Waals surface area (Å²) in [6.45, 7) is 1.96. The third-order valence-electron chi connectivity index (χ3n) is 6.16. The molecule has 200 valence electrons. The second-order valence-corrected chi connectivity index (χ2v) is 10.9. The van der Waals surface area contributed by atoms with Crippen LogP contribution in [0, 0.1) is 0 Å². The van der Waals surface area contributed by atoms with Crippen molar-refractivity contribution in [1.29, 1.82) is 0 Å². The first-order valence-corrected chi connectivity index (χ1v) is 14.0. The Kier molecular flexibility index (Phi) is 9.25. The van der Waals surface area contributed by atoms with E-state index in [0.717, 1.165) is 23.1 Å². The number of carbonyl (C=O) groups is 2. The first kappa shape index (κ1) is 27.8. The third-order valence-corrected chi connectivity index (χ3v) is 7.97. The van der Waals surface area contributed by atoms with Gasteiger partial charge in [-0.25, -0.2) is 13.2 Å².